The molecule has 35 heavy (non-hydrogen) atoms. The maximum atomic E-state index is 13.0. The number of nitrogens with zero attached hydrogens (tertiary/aromatic N) is 2. The van der Waals surface area contributed by atoms with Crippen LogP contribution in [-0.4, -0.2) is 64.4 Å². The minimum atomic E-state index is -0.417. The molecule has 0 spiro atoms. The molecule has 2 aliphatic heterocycles. The molecule has 7 nitrogen and oxygen atoms in total. The van der Waals surface area contributed by atoms with Crippen molar-refractivity contribution in [2.24, 2.45) is 0 Å². The first-order valence-electron chi connectivity index (χ1n) is 12.7. The topological polar surface area (TPSA) is 81.8 Å². The van der Waals surface area contributed by atoms with Crippen molar-refractivity contribution in [3.05, 3.63) is 47.5 Å². The molecule has 2 aromatic carbocycles. The molecule has 3 aliphatic rings. The third-order valence-corrected chi connectivity index (χ3v) is 7.86. The monoisotopic (exact) mass is 492 g/mol. The Labute approximate surface area is 211 Å². The average Bonchev–Trinajstić information content (AvgIpc) is 3.14. The summed E-state index contributed by atoms with van der Waals surface area (Å²) in [5.41, 5.74) is 0.932. The van der Waals surface area contributed by atoms with Gasteiger partial charge in [-0.15, -0.1) is 0 Å². The first-order valence-corrected chi connectivity index (χ1v) is 13.1. The number of piperidine rings is 1. The number of hydrogen-bond acceptors (Lipinski definition) is 4. The van der Waals surface area contributed by atoms with E-state index in [1.807, 2.05) is 12.1 Å². The van der Waals surface area contributed by atoms with Crippen LogP contribution in [0.5, 0.6) is 0 Å². The molecule has 184 valence electrons. The Morgan fingerprint density at radius 2 is 1.40 bits per heavy atom. The van der Waals surface area contributed by atoms with Gasteiger partial charge >= 0.3 is 0 Å². The summed E-state index contributed by atoms with van der Waals surface area (Å²) >= 11 is 5.66. The van der Waals surface area contributed by atoms with Crippen LogP contribution >= 0.6 is 12.2 Å². The predicted octanol–water partition coefficient (Wildman–Crippen LogP) is 3.61. The molecule has 8 heteroatoms. The van der Waals surface area contributed by atoms with E-state index in [1.54, 1.807) is 24.3 Å². The minimum absolute atomic E-state index is 0.00476. The number of amides is 3. The van der Waals surface area contributed by atoms with E-state index in [0.29, 0.717) is 22.6 Å². The Kier molecular flexibility index (Phi) is 7.00. The first-order chi connectivity index (χ1) is 17.0. The number of benzene rings is 2. The molecule has 0 unspecified atom stereocenters. The van der Waals surface area contributed by atoms with Gasteiger partial charge in [0.25, 0.3) is 11.8 Å². The van der Waals surface area contributed by atoms with Gasteiger partial charge in [0.15, 0.2) is 5.11 Å². The number of likely N-dealkylation sites (tertiary alicyclic amines) is 1. The highest BCUT2D eigenvalue weighted by Crippen LogP contribution is 2.29. The summed E-state index contributed by atoms with van der Waals surface area (Å²) in [4.78, 5) is 42.2. The van der Waals surface area contributed by atoms with Crippen molar-refractivity contribution in [1.29, 1.82) is 0 Å². The quantitative estimate of drug-likeness (QED) is 0.386. The van der Waals surface area contributed by atoms with Crippen LogP contribution < -0.4 is 10.6 Å². The van der Waals surface area contributed by atoms with Crippen LogP contribution in [0.25, 0.3) is 10.8 Å². The molecule has 0 aromatic heterocycles. The molecule has 0 radical (unpaired) electrons. The van der Waals surface area contributed by atoms with Crippen molar-refractivity contribution >= 4 is 45.8 Å². The molecule has 0 bridgehead atoms. The van der Waals surface area contributed by atoms with Gasteiger partial charge in [-0.2, -0.15) is 0 Å². The van der Waals surface area contributed by atoms with Crippen LogP contribution in [0.4, 0.5) is 0 Å². The van der Waals surface area contributed by atoms with Crippen molar-refractivity contribution < 1.29 is 14.4 Å². The molecular weight excluding hydrogens is 460 g/mol. The highest BCUT2D eigenvalue weighted by atomic mass is 32.1. The molecule has 2 fully saturated rings. The summed E-state index contributed by atoms with van der Waals surface area (Å²) in [6, 6.07) is 11.3. The fourth-order valence-corrected chi connectivity index (χ4v) is 5.91. The van der Waals surface area contributed by atoms with Gasteiger partial charge in [0.1, 0.15) is 6.54 Å². The van der Waals surface area contributed by atoms with Crippen LogP contribution in [0.3, 0.4) is 0 Å². The van der Waals surface area contributed by atoms with E-state index in [-0.39, 0.29) is 18.5 Å². The molecule has 3 amide bonds. The second-order valence-corrected chi connectivity index (χ2v) is 10.3. The van der Waals surface area contributed by atoms with Crippen molar-refractivity contribution in [3.63, 3.8) is 0 Å². The highest BCUT2D eigenvalue weighted by molar-refractivity contribution is 7.80. The van der Waals surface area contributed by atoms with E-state index in [2.05, 4.69) is 15.5 Å². The van der Waals surface area contributed by atoms with E-state index < -0.39 is 11.8 Å². The first kappa shape index (κ1) is 23.7. The highest BCUT2D eigenvalue weighted by Gasteiger charge is 2.34. The lowest BCUT2D eigenvalue weighted by Crippen LogP contribution is -2.53. The summed E-state index contributed by atoms with van der Waals surface area (Å²) in [6.45, 7) is 1.28. The summed E-state index contributed by atoms with van der Waals surface area (Å²) in [5.74, 6) is -1.14. The van der Waals surface area contributed by atoms with Crippen molar-refractivity contribution in [3.8, 4) is 0 Å². The zero-order chi connectivity index (χ0) is 24.4. The molecule has 1 aliphatic carbocycles. The number of thiocarbonyl (C=S) groups is 1. The fourth-order valence-electron chi connectivity index (χ4n) is 5.56. The molecule has 1 saturated heterocycles. The summed E-state index contributed by atoms with van der Waals surface area (Å²) in [5, 5.41) is 8.92. The smallest absolute Gasteiger partial charge is 0.261 e. The second kappa shape index (κ2) is 10.3. The summed E-state index contributed by atoms with van der Waals surface area (Å²) in [6.07, 6.45) is 9.07. The van der Waals surface area contributed by atoms with Crippen molar-refractivity contribution in [1.82, 2.24) is 20.4 Å². The lowest BCUT2D eigenvalue weighted by molar-refractivity contribution is -0.122. The maximum absolute atomic E-state index is 13.0. The predicted molar refractivity (Wildman–Crippen MR) is 139 cm³/mol. The standard InChI is InChI=1S/C27H32N4O3S/c32-23(17-31-25(33)21-11-5-7-18-8-6-12-22(24(18)21)26(31)34)28-20-13-15-30(16-14-20)27(35)29-19-9-3-1-2-4-10-19/h5-8,11-12,19-20H,1-4,9-10,13-17H2,(H,28,32)(H,29,35). The number of imide groups is 1. The Morgan fingerprint density at radius 1 is 0.829 bits per heavy atom. The van der Waals surface area contributed by atoms with E-state index in [1.165, 1.54) is 38.5 Å². The molecule has 0 atom stereocenters. The largest absolute Gasteiger partial charge is 0.360 e. The average molecular weight is 493 g/mol. The zero-order valence-electron chi connectivity index (χ0n) is 19.9. The van der Waals surface area contributed by atoms with Crippen LogP contribution in [0.2, 0.25) is 0 Å². The number of nitrogens with one attached hydrogen (secondary N) is 2. The maximum Gasteiger partial charge on any atom is 0.261 e. The van der Waals surface area contributed by atoms with E-state index in [4.69, 9.17) is 12.2 Å². The Hall–Kier alpha value is -3.00. The molecule has 2 aromatic rings. The fraction of sp³-hybridized carbons (Fsp3) is 0.481. The van der Waals surface area contributed by atoms with Gasteiger partial charge in [0.2, 0.25) is 5.91 Å². The van der Waals surface area contributed by atoms with Gasteiger partial charge in [-0.05, 0) is 55.4 Å². The minimum Gasteiger partial charge on any atom is -0.360 e. The van der Waals surface area contributed by atoms with Crippen LogP contribution in [0.15, 0.2) is 36.4 Å². The van der Waals surface area contributed by atoms with E-state index in [0.717, 1.165) is 41.3 Å². The lowest BCUT2D eigenvalue weighted by atomic mass is 9.94. The second-order valence-electron chi connectivity index (χ2n) is 9.87. The summed E-state index contributed by atoms with van der Waals surface area (Å²) in [7, 11) is 0. The number of rotatable bonds is 4. The van der Waals surface area contributed by atoms with Gasteiger partial charge in [-0.3, -0.25) is 19.3 Å². The van der Waals surface area contributed by atoms with Crippen LogP contribution in [0, 0.1) is 0 Å². The zero-order valence-corrected chi connectivity index (χ0v) is 20.7. The van der Waals surface area contributed by atoms with Crippen molar-refractivity contribution in [2.75, 3.05) is 19.6 Å². The van der Waals surface area contributed by atoms with Crippen LogP contribution in [0.1, 0.15) is 72.1 Å². The van der Waals surface area contributed by atoms with Crippen LogP contribution in [-0.2, 0) is 4.79 Å². The van der Waals surface area contributed by atoms with Gasteiger partial charge in [-0.25, -0.2) is 0 Å². The van der Waals surface area contributed by atoms with Crippen molar-refractivity contribution in [2.45, 2.75) is 63.5 Å². The van der Waals surface area contributed by atoms with Gasteiger partial charge in [0.05, 0.1) is 0 Å². The molecule has 1 saturated carbocycles. The third-order valence-electron chi connectivity index (χ3n) is 7.49. The number of hydrogen-bond donors (Lipinski definition) is 2. The number of carbonyl (C=O) groups is 3. The SMILES string of the molecule is O=C(CN1C(=O)c2cccc3cccc(c23)C1=O)NC1CCN(C(=S)NC2CCCCCC2)CC1. The third kappa shape index (κ3) is 5.03. The van der Waals surface area contributed by atoms with E-state index >= 15 is 0 Å². The lowest BCUT2D eigenvalue weighted by Gasteiger charge is -2.35. The van der Waals surface area contributed by atoms with Gasteiger partial charge in [-0.1, -0.05) is 49.9 Å². The Bertz CT molecular complexity index is 1100. The molecule has 2 heterocycles. The Balaban J connectivity index is 1.14. The molecule has 5 rings (SSSR count). The van der Waals surface area contributed by atoms with Gasteiger partial charge in [0, 0.05) is 41.7 Å². The van der Waals surface area contributed by atoms with E-state index in [9.17, 15) is 14.4 Å². The van der Waals surface area contributed by atoms with Gasteiger partial charge < -0.3 is 15.5 Å². The molecular formula is C27H32N4O3S. The normalized spacial score (nSPS) is 19.5. The number of carbonyl (C=O) groups excluding carboxylic acids is 3. The Morgan fingerprint density at radius 3 is 2.00 bits per heavy atom. The summed E-state index contributed by atoms with van der Waals surface area (Å²) < 4.78 is 0. The molecule has 2 N–H and O–H groups in total.